The lowest BCUT2D eigenvalue weighted by Gasteiger charge is -2.19. The number of likely N-dealkylation sites (N-methyl/N-ethyl adjacent to an activating group) is 1. The molecule has 0 aliphatic rings. The third kappa shape index (κ3) is 3.26. The lowest BCUT2D eigenvalue weighted by atomic mass is 9.98. The van der Waals surface area contributed by atoms with E-state index in [-0.39, 0.29) is 0 Å². The van der Waals surface area contributed by atoms with Gasteiger partial charge in [0.05, 0.1) is 5.52 Å². The zero-order chi connectivity index (χ0) is 14.5. The molecular formula is C18H19N3. The minimum Gasteiger partial charge on any atom is -0.310 e. The third-order valence-corrected chi connectivity index (χ3v) is 3.64. The highest BCUT2D eigenvalue weighted by Gasteiger charge is 2.12. The van der Waals surface area contributed by atoms with E-state index in [9.17, 15) is 0 Å². The summed E-state index contributed by atoms with van der Waals surface area (Å²) >= 11 is 0. The van der Waals surface area contributed by atoms with Crippen LogP contribution in [0.5, 0.6) is 0 Å². The van der Waals surface area contributed by atoms with Gasteiger partial charge in [-0.25, -0.2) is 0 Å². The molecule has 21 heavy (non-hydrogen) atoms. The highest BCUT2D eigenvalue weighted by Crippen LogP contribution is 2.22. The molecule has 3 aromatic rings. The number of nitrogens with zero attached hydrogens (tertiary/aromatic N) is 2. The van der Waals surface area contributed by atoms with Crippen LogP contribution in [0.2, 0.25) is 0 Å². The van der Waals surface area contributed by atoms with E-state index in [0.717, 1.165) is 18.5 Å². The van der Waals surface area contributed by atoms with Gasteiger partial charge in [0.25, 0.3) is 0 Å². The second-order valence-corrected chi connectivity index (χ2v) is 5.13. The summed E-state index contributed by atoms with van der Waals surface area (Å²) in [5.41, 5.74) is 3.58. The summed E-state index contributed by atoms with van der Waals surface area (Å²) in [5.74, 6) is 0. The fourth-order valence-electron chi connectivity index (χ4n) is 2.62. The summed E-state index contributed by atoms with van der Waals surface area (Å²) < 4.78 is 0. The molecule has 2 heterocycles. The molecule has 3 nitrogen and oxygen atoms in total. The Morgan fingerprint density at radius 3 is 2.81 bits per heavy atom. The van der Waals surface area contributed by atoms with Crippen molar-refractivity contribution < 1.29 is 0 Å². The predicted molar refractivity (Wildman–Crippen MR) is 86.1 cm³/mol. The summed E-state index contributed by atoms with van der Waals surface area (Å²) in [6.45, 7) is 3.08. The minimum absolute atomic E-state index is 0.295. The van der Waals surface area contributed by atoms with Crippen LogP contribution in [-0.4, -0.2) is 16.5 Å². The van der Waals surface area contributed by atoms with Crippen LogP contribution >= 0.6 is 0 Å². The average molecular weight is 277 g/mol. The fourth-order valence-corrected chi connectivity index (χ4v) is 2.62. The molecule has 0 aliphatic heterocycles. The first kappa shape index (κ1) is 13.7. The van der Waals surface area contributed by atoms with Gasteiger partial charge in [-0.1, -0.05) is 25.1 Å². The molecule has 3 heteroatoms. The number of pyridine rings is 2. The first-order valence-electron chi connectivity index (χ1n) is 7.34. The number of aromatic nitrogens is 2. The van der Waals surface area contributed by atoms with Crippen molar-refractivity contribution in [3.8, 4) is 0 Å². The van der Waals surface area contributed by atoms with Crippen LogP contribution in [-0.2, 0) is 6.42 Å². The maximum Gasteiger partial charge on any atom is 0.0702 e. The van der Waals surface area contributed by atoms with Crippen LogP contribution in [0.25, 0.3) is 10.9 Å². The number of nitrogens with one attached hydrogen (secondary N) is 1. The van der Waals surface area contributed by atoms with Crippen molar-refractivity contribution in [3.05, 3.63) is 72.2 Å². The molecule has 0 saturated heterocycles. The summed E-state index contributed by atoms with van der Waals surface area (Å²) in [6, 6.07) is 15.0. The van der Waals surface area contributed by atoms with Crippen molar-refractivity contribution in [1.82, 2.24) is 15.3 Å². The molecule has 0 amide bonds. The Balaban J connectivity index is 1.91. The normalized spacial score (nSPS) is 12.4. The van der Waals surface area contributed by atoms with Gasteiger partial charge in [-0.15, -0.1) is 0 Å². The smallest absolute Gasteiger partial charge is 0.0702 e. The fraction of sp³-hybridized carbons (Fsp3) is 0.222. The number of fused-ring (bicyclic) bond motifs is 1. The van der Waals surface area contributed by atoms with Crippen molar-refractivity contribution in [2.24, 2.45) is 0 Å². The van der Waals surface area contributed by atoms with E-state index in [4.69, 9.17) is 0 Å². The van der Waals surface area contributed by atoms with E-state index >= 15 is 0 Å². The second-order valence-electron chi connectivity index (χ2n) is 5.13. The second kappa shape index (κ2) is 6.46. The Hall–Kier alpha value is -2.26. The van der Waals surface area contributed by atoms with Crippen LogP contribution in [0.4, 0.5) is 0 Å². The number of hydrogen-bond donors (Lipinski definition) is 1. The molecule has 1 aromatic carbocycles. The van der Waals surface area contributed by atoms with E-state index in [1.807, 2.05) is 30.7 Å². The van der Waals surface area contributed by atoms with Crippen molar-refractivity contribution >= 4 is 10.9 Å². The van der Waals surface area contributed by atoms with Gasteiger partial charge in [-0.05, 0) is 48.4 Å². The van der Waals surface area contributed by atoms with Crippen molar-refractivity contribution in [3.63, 3.8) is 0 Å². The van der Waals surface area contributed by atoms with Gasteiger partial charge in [0.15, 0.2) is 0 Å². The van der Waals surface area contributed by atoms with Crippen LogP contribution in [0, 0.1) is 0 Å². The SMILES string of the molecule is CCNC(Cc1cccnc1)c1ccc2ncccc2c1. The van der Waals surface area contributed by atoms with E-state index in [2.05, 4.69) is 52.5 Å². The Morgan fingerprint density at radius 1 is 1.10 bits per heavy atom. The standard InChI is InChI=1S/C18H19N3/c1-2-20-18(11-14-5-3-9-19-13-14)16-7-8-17-15(12-16)6-4-10-21-17/h3-10,12-13,18,20H,2,11H2,1H3. The zero-order valence-electron chi connectivity index (χ0n) is 12.2. The Labute approximate surface area is 125 Å². The molecule has 0 spiro atoms. The van der Waals surface area contributed by atoms with Gasteiger partial charge in [0.1, 0.15) is 0 Å². The molecule has 0 bridgehead atoms. The first-order chi connectivity index (χ1) is 10.4. The van der Waals surface area contributed by atoms with Gasteiger partial charge in [-0.3, -0.25) is 9.97 Å². The number of rotatable bonds is 5. The molecule has 1 atom stereocenters. The summed E-state index contributed by atoms with van der Waals surface area (Å²) in [6.07, 6.45) is 6.52. The molecule has 0 aliphatic carbocycles. The van der Waals surface area contributed by atoms with Gasteiger partial charge >= 0.3 is 0 Å². The molecule has 3 rings (SSSR count). The first-order valence-corrected chi connectivity index (χ1v) is 7.34. The topological polar surface area (TPSA) is 37.8 Å². The molecule has 1 unspecified atom stereocenters. The quantitative estimate of drug-likeness (QED) is 0.775. The van der Waals surface area contributed by atoms with Crippen molar-refractivity contribution in [1.29, 1.82) is 0 Å². The molecule has 0 fully saturated rings. The van der Waals surface area contributed by atoms with E-state index < -0.39 is 0 Å². The van der Waals surface area contributed by atoms with E-state index in [1.54, 1.807) is 0 Å². The zero-order valence-corrected chi connectivity index (χ0v) is 12.2. The van der Waals surface area contributed by atoms with Crippen LogP contribution < -0.4 is 5.32 Å². The number of hydrogen-bond acceptors (Lipinski definition) is 3. The van der Waals surface area contributed by atoms with Gasteiger partial charge in [-0.2, -0.15) is 0 Å². The van der Waals surface area contributed by atoms with Gasteiger partial charge < -0.3 is 5.32 Å². The highest BCUT2D eigenvalue weighted by molar-refractivity contribution is 5.79. The highest BCUT2D eigenvalue weighted by atomic mass is 14.9. The van der Waals surface area contributed by atoms with E-state index in [1.165, 1.54) is 16.5 Å². The monoisotopic (exact) mass is 277 g/mol. The maximum atomic E-state index is 4.38. The molecule has 0 radical (unpaired) electrons. The van der Waals surface area contributed by atoms with Crippen molar-refractivity contribution in [2.45, 2.75) is 19.4 Å². The Morgan fingerprint density at radius 2 is 2.00 bits per heavy atom. The largest absolute Gasteiger partial charge is 0.310 e. The summed E-state index contributed by atoms with van der Waals surface area (Å²) in [4.78, 5) is 8.58. The molecular weight excluding hydrogens is 258 g/mol. The third-order valence-electron chi connectivity index (χ3n) is 3.64. The van der Waals surface area contributed by atoms with Crippen LogP contribution in [0.15, 0.2) is 61.1 Å². The molecule has 2 aromatic heterocycles. The van der Waals surface area contributed by atoms with Crippen molar-refractivity contribution in [2.75, 3.05) is 6.54 Å². The molecule has 106 valence electrons. The molecule has 0 saturated carbocycles. The van der Waals surface area contributed by atoms with Crippen LogP contribution in [0.3, 0.4) is 0 Å². The molecule has 1 N–H and O–H groups in total. The van der Waals surface area contributed by atoms with Crippen LogP contribution in [0.1, 0.15) is 24.1 Å². The average Bonchev–Trinajstić information content (AvgIpc) is 2.55. The Bertz CT molecular complexity index is 710. The summed E-state index contributed by atoms with van der Waals surface area (Å²) in [7, 11) is 0. The number of benzene rings is 1. The lowest BCUT2D eigenvalue weighted by Crippen LogP contribution is -2.23. The lowest BCUT2D eigenvalue weighted by molar-refractivity contribution is 0.549. The Kier molecular flexibility index (Phi) is 4.22. The van der Waals surface area contributed by atoms with E-state index in [0.29, 0.717) is 6.04 Å². The van der Waals surface area contributed by atoms with Gasteiger partial charge in [0, 0.05) is 30.0 Å². The minimum atomic E-state index is 0.295. The predicted octanol–water partition coefficient (Wildman–Crippen LogP) is 3.52. The maximum absolute atomic E-state index is 4.38. The summed E-state index contributed by atoms with van der Waals surface area (Å²) in [5, 5.41) is 4.75. The van der Waals surface area contributed by atoms with Gasteiger partial charge in [0.2, 0.25) is 0 Å².